The van der Waals surface area contributed by atoms with Gasteiger partial charge in [0.05, 0.1) is 27.4 Å². The number of benzene rings is 2. The molecule has 0 bridgehead atoms. The van der Waals surface area contributed by atoms with Crippen molar-refractivity contribution in [1.29, 1.82) is 0 Å². The summed E-state index contributed by atoms with van der Waals surface area (Å²) in [5, 5.41) is 5.00. The Kier molecular flexibility index (Phi) is 12.3. The van der Waals surface area contributed by atoms with Crippen LogP contribution in [0.4, 0.5) is 5.69 Å². The molecule has 0 saturated carbocycles. The van der Waals surface area contributed by atoms with E-state index in [1.807, 2.05) is 65.8 Å². The molecule has 2 aromatic carbocycles. The van der Waals surface area contributed by atoms with Gasteiger partial charge in [0.1, 0.15) is 11.4 Å². The minimum atomic E-state index is -3.43. The molecule has 0 spiro atoms. The monoisotopic (exact) mass is 739 g/mol. The molecule has 0 radical (unpaired) electrons. The lowest BCUT2D eigenvalue weighted by molar-refractivity contribution is -0.117. The fourth-order valence-corrected chi connectivity index (χ4v) is 8.18. The molecule has 13 heteroatoms. The highest BCUT2D eigenvalue weighted by Crippen LogP contribution is 2.57. The van der Waals surface area contributed by atoms with Gasteiger partial charge in [0, 0.05) is 30.1 Å². The van der Waals surface area contributed by atoms with Gasteiger partial charge in [0.2, 0.25) is 0 Å². The minimum Gasteiger partial charge on any atom is -0.354 e. The second-order valence-electron chi connectivity index (χ2n) is 13.0. The van der Waals surface area contributed by atoms with E-state index in [1.165, 1.54) is 4.90 Å². The zero-order valence-corrected chi connectivity index (χ0v) is 31.0. The van der Waals surface area contributed by atoms with Gasteiger partial charge in [0.15, 0.2) is 10.6 Å². The van der Waals surface area contributed by atoms with Crippen LogP contribution in [0.15, 0.2) is 71.4 Å². The van der Waals surface area contributed by atoms with E-state index in [1.54, 1.807) is 42.6 Å². The first-order valence-electron chi connectivity index (χ1n) is 15.0. The number of hydrogen-bond donors (Lipinski definition) is 0. The van der Waals surface area contributed by atoms with Gasteiger partial charge in [0.25, 0.3) is 5.91 Å². The quantitative estimate of drug-likeness (QED) is 0.105. The lowest BCUT2D eigenvalue weighted by Gasteiger charge is -2.32. The zero-order valence-electron chi connectivity index (χ0n) is 27.1. The summed E-state index contributed by atoms with van der Waals surface area (Å²) in [6.07, 6.45) is 2.99. The van der Waals surface area contributed by atoms with Crippen LogP contribution in [0.1, 0.15) is 59.1 Å². The molecule has 0 aliphatic heterocycles. The molecule has 2 aromatic heterocycles. The molecule has 0 fully saturated rings. The minimum absolute atomic E-state index is 0.152. The molecule has 0 atom stereocenters. The Balaban J connectivity index is 1.47. The van der Waals surface area contributed by atoms with Gasteiger partial charge < -0.3 is 18.5 Å². The van der Waals surface area contributed by atoms with Gasteiger partial charge in [-0.15, -0.1) is 0 Å². The third-order valence-electron chi connectivity index (χ3n) is 6.56. The van der Waals surface area contributed by atoms with Crippen LogP contribution in [-0.2, 0) is 31.0 Å². The van der Waals surface area contributed by atoms with E-state index in [4.69, 9.17) is 60.0 Å². The largest absolute Gasteiger partial charge is 0.354 e. The Hall–Kier alpha value is -2.42. The summed E-state index contributed by atoms with van der Waals surface area (Å²) < 4.78 is 31.1. The Morgan fingerprint density at radius 2 is 1.49 bits per heavy atom. The molecule has 0 aliphatic rings. The van der Waals surface area contributed by atoms with E-state index < -0.39 is 29.5 Å². The fraction of sp³-hybridized carbons (Fsp3) is 0.382. The van der Waals surface area contributed by atoms with E-state index in [9.17, 15) is 9.36 Å². The second-order valence-corrected chi connectivity index (χ2v) is 16.8. The number of amides is 1. The molecular formula is C34H38Cl4N3O5P. The number of carbonyl (C=O) groups excluding carboxylic acids is 1. The maximum absolute atomic E-state index is 13.7. The number of hydrogen-bond acceptors (Lipinski definition) is 7. The van der Waals surface area contributed by atoms with Gasteiger partial charge in [-0.3, -0.25) is 14.3 Å². The van der Waals surface area contributed by atoms with E-state index in [0.29, 0.717) is 57.8 Å². The third kappa shape index (κ3) is 10.8. The van der Waals surface area contributed by atoms with Gasteiger partial charge in [-0.1, -0.05) is 81.9 Å². The Labute approximate surface area is 296 Å². The molecule has 0 N–H and O–H groups in total. The van der Waals surface area contributed by atoms with Crippen LogP contribution in [0.25, 0.3) is 22.7 Å². The summed E-state index contributed by atoms with van der Waals surface area (Å²) in [7, 11) is -3.43. The van der Waals surface area contributed by atoms with E-state index >= 15 is 0 Å². The van der Waals surface area contributed by atoms with Crippen LogP contribution in [0.5, 0.6) is 0 Å². The predicted octanol–water partition coefficient (Wildman–Crippen LogP) is 10.8. The highest BCUT2D eigenvalue weighted by atomic mass is 35.5. The molecule has 0 saturated heterocycles. The smallest absolute Gasteiger partial charge is 0.336 e. The standard InChI is InChI=1S/C34H38Cl4N3O5P/c1-33(2,3)45-47(43,46-34(4,5)6)21-23-14-12-22(13-15-23)9-8-18-41(32(42)31(37)38)24-16-17-39-27(19-24)29-20-28(40-44-29)30-25(35)10-7-11-26(30)36/h7,10-17,19-20,31H,8-9,18,21H2,1-6H3. The third-order valence-corrected chi connectivity index (χ3v) is 9.97. The first-order valence-corrected chi connectivity index (χ1v) is 18.3. The molecule has 0 unspecified atom stereocenters. The molecule has 47 heavy (non-hydrogen) atoms. The fourth-order valence-electron chi connectivity index (χ4n) is 4.86. The van der Waals surface area contributed by atoms with Crippen LogP contribution in [0.3, 0.4) is 0 Å². The lowest BCUT2D eigenvalue weighted by atomic mass is 10.1. The molecule has 252 valence electrons. The molecule has 2 heterocycles. The highest BCUT2D eigenvalue weighted by Gasteiger charge is 2.35. The lowest BCUT2D eigenvalue weighted by Crippen LogP contribution is -2.36. The summed E-state index contributed by atoms with van der Waals surface area (Å²) in [5.41, 5.74) is 2.61. The van der Waals surface area contributed by atoms with Gasteiger partial charge in [-0.05, 0) is 89.8 Å². The van der Waals surface area contributed by atoms with Crippen molar-refractivity contribution in [2.45, 2.75) is 76.6 Å². The average molecular weight is 741 g/mol. The summed E-state index contributed by atoms with van der Waals surface area (Å²) in [5.74, 6) is -0.0978. The van der Waals surface area contributed by atoms with E-state index in [2.05, 4.69) is 10.1 Å². The van der Waals surface area contributed by atoms with E-state index in [-0.39, 0.29) is 6.16 Å². The first kappa shape index (κ1) is 37.4. The average Bonchev–Trinajstić information content (AvgIpc) is 3.43. The second kappa shape index (κ2) is 15.4. The van der Waals surface area contributed by atoms with Crippen LogP contribution in [0, 0.1) is 0 Å². The topological polar surface area (TPSA) is 94.8 Å². The van der Waals surface area contributed by atoms with Crippen molar-refractivity contribution in [1.82, 2.24) is 10.1 Å². The van der Waals surface area contributed by atoms with Crippen LogP contribution in [-0.4, -0.2) is 38.6 Å². The number of nitrogens with zero attached hydrogens (tertiary/aromatic N) is 3. The summed E-state index contributed by atoms with van der Waals surface area (Å²) in [4.78, 5) is 17.8. The van der Waals surface area contributed by atoms with Crippen LogP contribution >= 0.6 is 54.0 Å². The van der Waals surface area contributed by atoms with Crippen molar-refractivity contribution in [2.24, 2.45) is 0 Å². The normalized spacial score (nSPS) is 12.5. The van der Waals surface area contributed by atoms with E-state index in [0.717, 1.165) is 11.1 Å². The van der Waals surface area contributed by atoms with Crippen LogP contribution in [0.2, 0.25) is 10.0 Å². The van der Waals surface area contributed by atoms with Crippen molar-refractivity contribution in [3.05, 3.63) is 88.0 Å². The van der Waals surface area contributed by atoms with Crippen molar-refractivity contribution >= 4 is 65.6 Å². The number of carbonyl (C=O) groups is 1. The molecular weight excluding hydrogens is 703 g/mol. The summed E-state index contributed by atoms with van der Waals surface area (Å²) in [6.45, 7) is 11.5. The molecule has 0 aliphatic carbocycles. The molecule has 1 amide bonds. The highest BCUT2D eigenvalue weighted by molar-refractivity contribution is 7.53. The summed E-state index contributed by atoms with van der Waals surface area (Å²) >= 11 is 24.8. The Morgan fingerprint density at radius 3 is 2.06 bits per heavy atom. The predicted molar refractivity (Wildman–Crippen MR) is 191 cm³/mol. The zero-order chi connectivity index (χ0) is 34.6. The molecule has 8 nitrogen and oxygen atoms in total. The van der Waals surface area contributed by atoms with Crippen molar-refractivity contribution in [3.63, 3.8) is 0 Å². The van der Waals surface area contributed by atoms with Gasteiger partial charge in [-0.2, -0.15) is 0 Å². The van der Waals surface area contributed by atoms with Crippen molar-refractivity contribution in [2.75, 3.05) is 11.4 Å². The maximum Gasteiger partial charge on any atom is 0.336 e. The number of halogens is 4. The summed E-state index contributed by atoms with van der Waals surface area (Å²) in [6, 6.07) is 18.1. The van der Waals surface area contributed by atoms with Gasteiger partial charge in [-0.25, -0.2) is 0 Å². The van der Waals surface area contributed by atoms with Crippen LogP contribution < -0.4 is 4.90 Å². The number of anilines is 1. The number of rotatable bonds is 12. The van der Waals surface area contributed by atoms with Gasteiger partial charge >= 0.3 is 7.60 Å². The SMILES string of the molecule is CC(C)(C)OP(=O)(Cc1ccc(CCCN(C(=O)C(Cl)Cl)c2ccnc(-c3cc(-c4c(Cl)cccc4Cl)no3)c2)cc1)OC(C)(C)C. The number of aromatic nitrogens is 2. The molecule has 4 rings (SSSR count). The number of aryl methyl sites for hydroxylation is 1. The van der Waals surface area contributed by atoms with Crippen molar-refractivity contribution in [3.8, 4) is 22.7 Å². The molecule has 4 aromatic rings. The van der Waals surface area contributed by atoms with Crippen molar-refractivity contribution < 1.29 is 22.9 Å². The Morgan fingerprint density at radius 1 is 0.894 bits per heavy atom. The first-order chi connectivity index (χ1) is 21.9. The maximum atomic E-state index is 13.7. The number of alkyl halides is 2. The Bertz CT molecular complexity index is 1690. The number of pyridine rings is 1.